The fourth-order valence-electron chi connectivity index (χ4n) is 1.54. The summed E-state index contributed by atoms with van der Waals surface area (Å²) >= 11 is 0. The largest absolute Gasteiger partial charge is 0.441 e. The molecule has 2 rings (SSSR count). The Kier molecular flexibility index (Phi) is 1.73. The molecular formula is C11H14N2O2. The normalized spacial score (nSPS) is 13.2. The number of aryl methyl sites for hydroxylation is 1. The molecule has 1 aromatic carbocycles. The molecule has 2 aromatic rings. The first kappa shape index (κ1) is 8.73. The van der Waals surface area contributed by atoms with Gasteiger partial charge in [-0.1, -0.05) is 0 Å². The number of hydrogen-bond acceptors (Lipinski definition) is 4. The van der Waals surface area contributed by atoms with Crippen LogP contribution in [0.1, 0.15) is 26.7 Å². The zero-order valence-corrected chi connectivity index (χ0v) is 8.96. The van der Waals surface area contributed by atoms with E-state index in [0.717, 1.165) is 0 Å². The summed E-state index contributed by atoms with van der Waals surface area (Å²) < 4.78 is 13.3. The van der Waals surface area contributed by atoms with Crippen molar-refractivity contribution in [2.45, 2.75) is 26.4 Å². The molecule has 0 fully saturated rings. The molecule has 0 aliphatic carbocycles. The highest BCUT2D eigenvalue weighted by Crippen LogP contribution is 2.30. The predicted octanol–water partition coefficient (Wildman–Crippen LogP) is 1.95. The second-order valence-electron chi connectivity index (χ2n) is 4.11. The van der Waals surface area contributed by atoms with Crippen LogP contribution in [0.2, 0.25) is 0 Å². The Bertz CT molecular complexity index is 555. The summed E-state index contributed by atoms with van der Waals surface area (Å²) in [6.45, 7) is 4.89. The average molecular weight is 208 g/mol. The van der Waals surface area contributed by atoms with E-state index < -0.39 is 5.60 Å². The van der Waals surface area contributed by atoms with Crippen molar-refractivity contribution < 1.29 is 10.9 Å². The van der Waals surface area contributed by atoms with Gasteiger partial charge in [0, 0.05) is 18.2 Å². The van der Waals surface area contributed by atoms with Gasteiger partial charge in [-0.25, -0.2) is 4.98 Å². The molecule has 1 heterocycles. The van der Waals surface area contributed by atoms with E-state index in [4.69, 9.17) is 11.5 Å². The number of benzene rings is 1. The summed E-state index contributed by atoms with van der Waals surface area (Å²) in [7, 11) is 0. The van der Waals surface area contributed by atoms with Gasteiger partial charge in [0.25, 0.3) is 0 Å². The van der Waals surface area contributed by atoms with Crippen molar-refractivity contribution in [3.05, 3.63) is 23.6 Å². The Hall–Kier alpha value is -1.55. The maximum atomic E-state index is 9.95. The highest BCUT2D eigenvalue weighted by molar-refractivity contribution is 5.79. The zero-order chi connectivity index (χ0) is 12.1. The van der Waals surface area contributed by atoms with E-state index in [1.54, 1.807) is 26.8 Å². The van der Waals surface area contributed by atoms with Crippen LogP contribution in [0.15, 0.2) is 16.5 Å². The molecule has 1 aromatic heterocycles. The average Bonchev–Trinajstić information content (AvgIpc) is 2.43. The maximum absolute atomic E-state index is 9.95. The zero-order valence-electron chi connectivity index (χ0n) is 9.96. The highest BCUT2D eigenvalue weighted by Gasteiger charge is 2.20. The standard InChI is InChI=1S/C11H14N2O2/c1-6-13-9-5-8(12)7(11(2,3)14)4-10(9)15-6/h4-5,14H,12H2,1-3H3/i4T. The Balaban J connectivity index is 2.85. The van der Waals surface area contributed by atoms with Crippen LogP contribution in [0.3, 0.4) is 0 Å². The quantitative estimate of drug-likeness (QED) is 0.702. The van der Waals surface area contributed by atoms with Gasteiger partial charge in [0.15, 0.2) is 11.5 Å². The predicted molar refractivity (Wildman–Crippen MR) is 58.4 cm³/mol. The molecule has 0 bridgehead atoms. The molecule has 0 saturated carbocycles. The van der Waals surface area contributed by atoms with Crippen LogP contribution < -0.4 is 5.73 Å². The van der Waals surface area contributed by atoms with Gasteiger partial charge >= 0.3 is 0 Å². The van der Waals surface area contributed by atoms with E-state index >= 15 is 0 Å². The molecule has 4 nitrogen and oxygen atoms in total. The van der Waals surface area contributed by atoms with Crippen LogP contribution in [-0.2, 0) is 5.60 Å². The van der Waals surface area contributed by atoms with E-state index in [1.807, 2.05) is 0 Å². The number of rotatable bonds is 1. The SMILES string of the molecule is [3H]c1c(C(C)(C)O)c(N)cc2nc(C)oc12. The van der Waals surface area contributed by atoms with Crippen molar-refractivity contribution in [3.8, 4) is 0 Å². The van der Waals surface area contributed by atoms with Crippen LogP contribution in [0.4, 0.5) is 5.69 Å². The third-order valence-corrected chi connectivity index (χ3v) is 2.19. The molecule has 15 heavy (non-hydrogen) atoms. The van der Waals surface area contributed by atoms with Gasteiger partial charge < -0.3 is 15.3 Å². The van der Waals surface area contributed by atoms with Crippen molar-refractivity contribution in [1.82, 2.24) is 4.98 Å². The lowest BCUT2D eigenvalue weighted by Gasteiger charge is -2.19. The maximum Gasteiger partial charge on any atom is 0.192 e. The van der Waals surface area contributed by atoms with Gasteiger partial charge in [-0.15, -0.1) is 0 Å². The lowest BCUT2D eigenvalue weighted by Crippen LogP contribution is -2.17. The summed E-state index contributed by atoms with van der Waals surface area (Å²) in [5.74, 6) is 0.482. The van der Waals surface area contributed by atoms with Gasteiger partial charge in [-0.3, -0.25) is 0 Å². The minimum atomic E-state index is -1.17. The minimum Gasteiger partial charge on any atom is -0.441 e. The number of nitrogen functional groups attached to an aromatic ring is 1. The van der Waals surface area contributed by atoms with Crippen LogP contribution in [0.25, 0.3) is 11.1 Å². The molecule has 3 N–H and O–H groups in total. The molecule has 0 spiro atoms. The Morgan fingerprint density at radius 3 is 2.87 bits per heavy atom. The first-order valence-electron chi connectivity index (χ1n) is 5.20. The number of nitrogens with zero attached hydrogens (tertiary/aromatic N) is 1. The number of aromatic nitrogens is 1. The van der Waals surface area contributed by atoms with E-state index in [2.05, 4.69) is 4.98 Å². The van der Waals surface area contributed by atoms with E-state index in [1.165, 1.54) is 0 Å². The molecule has 0 amide bonds. The van der Waals surface area contributed by atoms with Gasteiger partial charge in [0.1, 0.15) is 5.52 Å². The minimum absolute atomic E-state index is 0.100. The lowest BCUT2D eigenvalue weighted by molar-refractivity contribution is 0.0794. The molecule has 0 aliphatic heterocycles. The number of fused-ring (bicyclic) bond motifs is 1. The number of anilines is 1. The van der Waals surface area contributed by atoms with Crippen molar-refractivity contribution in [3.63, 3.8) is 0 Å². The van der Waals surface area contributed by atoms with Crippen LogP contribution in [0.5, 0.6) is 0 Å². The Morgan fingerprint density at radius 1 is 1.60 bits per heavy atom. The topological polar surface area (TPSA) is 72.3 Å². The van der Waals surface area contributed by atoms with Crippen molar-refractivity contribution in [2.24, 2.45) is 0 Å². The summed E-state index contributed by atoms with van der Waals surface area (Å²) in [5.41, 5.74) is 6.30. The van der Waals surface area contributed by atoms with E-state index in [0.29, 0.717) is 28.2 Å². The number of oxazole rings is 1. The summed E-state index contributed by atoms with van der Waals surface area (Å²) in [6.07, 6.45) is 0. The molecule has 0 saturated heterocycles. The Morgan fingerprint density at radius 2 is 2.27 bits per heavy atom. The van der Waals surface area contributed by atoms with Gasteiger partial charge in [0.05, 0.1) is 6.97 Å². The van der Waals surface area contributed by atoms with Gasteiger partial charge in [-0.2, -0.15) is 0 Å². The highest BCUT2D eigenvalue weighted by atomic mass is 16.3. The Labute approximate surface area is 89.1 Å². The van der Waals surface area contributed by atoms with Crippen LogP contribution in [-0.4, -0.2) is 10.1 Å². The van der Waals surface area contributed by atoms with Crippen LogP contribution >= 0.6 is 0 Å². The van der Waals surface area contributed by atoms with Crippen molar-refractivity contribution in [1.29, 1.82) is 0 Å². The number of hydrogen-bond donors (Lipinski definition) is 2. The molecule has 0 radical (unpaired) electrons. The fourth-order valence-corrected chi connectivity index (χ4v) is 1.54. The smallest absolute Gasteiger partial charge is 0.192 e. The lowest BCUT2D eigenvalue weighted by atomic mass is 9.96. The van der Waals surface area contributed by atoms with Crippen molar-refractivity contribution in [2.75, 3.05) is 5.73 Å². The molecule has 0 atom stereocenters. The van der Waals surface area contributed by atoms with Gasteiger partial charge in [-0.05, 0) is 26.0 Å². The second-order valence-corrected chi connectivity index (χ2v) is 4.11. The molecule has 80 valence electrons. The molecular weight excluding hydrogens is 192 g/mol. The first-order chi connectivity index (χ1) is 7.30. The van der Waals surface area contributed by atoms with E-state index in [-0.39, 0.29) is 6.04 Å². The molecule has 0 unspecified atom stereocenters. The number of nitrogens with two attached hydrogens (primary N) is 1. The third-order valence-electron chi connectivity index (χ3n) is 2.19. The summed E-state index contributed by atoms with van der Waals surface area (Å²) in [4.78, 5) is 4.11. The van der Waals surface area contributed by atoms with Crippen molar-refractivity contribution >= 4 is 16.8 Å². The van der Waals surface area contributed by atoms with Crippen LogP contribution in [0, 0.1) is 6.92 Å². The summed E-state index contributed by atoms with van der Waals surface area (Å²) in [5, 5.41) is 9.95. The fraction of sp³-hybridized carbons (Fsp3) is 0.364. The third kappa shape index (κ3) is 1.68. The van der Waals surface area contributed by atoms with E-state index in [9.17, 15) is 5.11 Å². The summed E-state index contributed by atoms with van der Waals surface area (Å²) in [6, 6.07) is 1.72. The number of aliphatic hydroxyl groups is 1. The first-order valence-corrected chi connectivity index (χ1v) is 4.70. The molecule has 4 heteroatoms. The second kappa shape index (κ2) is 2.97. The monoisotopic (exact) mass is 208 g/mol. The van der Waals surface area contributed by atoms with Gasteiger partial charge in [0.2, 0.25) is 0 Å². The molecule has 0 aliphatic rings.